The molecule has 0 amide bonds. The Morgan fingerprint density at radius 1 is 0.396 bits per heavy atom. The monoisotopic (exact) mass is 615 g/mol. The van der Waals surface area contributed by atoms with E-state index in [2.05, 4.69) is 198 Å². The summed E-state index contributed by atoms with van der Waals surface area (Å²) in [5.74, 6) is 1.01. The summed E-state index contributed by atoms with van der Waals surface area (Å²) in [4.78, 5) is 10.2. The number of fused-ring (bicyclic) bond motifs is 6. The summed E-state index contributed by atoms with van der Waals surface area (Å²) < 4.78 is 0. The molecule has 2 atom stereocenters. The fourth-order valence-corrected chi connectivity index (χ4v) is 7.39. The Morgan fingerprint density at radius 2 is 0.833 bits per heavy atom. The van der Waals surface area contributed by atoms with Crippen LogP contribution in [0.4, 0.5) is 22.7 Å². The summed E-state index contributed by atoms with van der Waals surface area (Å²) in [7, 11) is 0. The molecule has 2 unspecified atom stereocenters. The molecule has 0 spiro atoms. The lowest BCUT2D eigenvalue weighted by Gasteiger charge is -2.36. The number of amidine groups is 1. The number of nitrogens with zero attached hydrogens (tertiary/aromatic N) is 3. The summed E-state index contributed by atoms with van der Waals surface area (Å²) in [6.45, 7) is 0. The third kappa shape index (κ3) is 4.80. The van der Waals surface area contributed by atoms with Gasteiger partial charge < -0.3 is 9.80 Å². The van der Waals surface area contributed by atoms with Crippen molar-refractivity contribution < 1.29 is 0 Å². The fraction of sp³-hybridized carbons (Fsp3) is 0.0444. The molecule has 228 valence electrons. The second-order valence-corrected chi connectivity index (χ2v) is 12.4. The lowest BCUT2D eigenvalue weighted by Crippen LogP contribution is -2.33. The lowest BCUT2D eigenvalue weighted by atomic mass is 9.79. The van der Waals surface area contributed by atoms with Gasteiger partial charge in [-0.2, -0.15) is 0 Å². The second kappa shape index (κ2) is 11.9. The van der Waals surface area contributed by atoms with Gasteiger partial charge in [0.05, 0.1) is 6.04 Å². The number of rotatable bonds is 6. The Labute approximate surface area is 281 Å². The first kappa shape index (κ1) is 28.1. The molecule has 1 aliphatic carbocycles. The molecule has 0 saturated carbocycles. The van der Waals surface area contributed by atoms with Crippen LogP contribution in [0.25, 0.3) is 22.3 Å². The number of benzene rings is 7. The molecule has 0 bridgehead atoms. The summed E-state index contributed by atoms with van der Waals surface area (Å²) in [5.41, 5.74) is 13.2. The Balaban J connectivity index is 1.08. The topological polar surface area (TPSA) is 18.8 Å². The molecule has 48 heavy (non-hydrogen) atoms. The van der Waals surface area contributed by atoms with Crippen LogP contribution in [0, 0.1) is 0 Å². The molecule has 3 heteroatoms. The highest BCUT2D eigenvalue weighted by Crippen LogP contribution is 2.53. The van der Waals surface area contributed by atoms with Crippen LogP contribution in [0.5, 0.6) is 0 Å². The molecule has 1 heterocycles. The van der Waals surface area contributed by atoms with E-state index < -0.39 is 0 Å². The van der Waals surface area contributed by atoms with E-state index in [1.165, 1.54) is 33.4 Å². The van der Waals surface area contributed by atoms with Crippen molar-refractivity contribution in [3.8, 4) is 22.3 Å². The Kier molecular flexibility index (Phi) is 6.94. The zero-order chi connectivity index (χ0) is 31.9. The van der Waals surface area contributed by atoms with Crippen molar-refractivity contribution in [1.29, 1.82) is 0 Å². The van der Waals surface area contributed by atoms with Crippen LogP contribution in [0.3, 0.4) is 0 Å². The average Bonchev–Trinajstić information content (AvgIpc) is 3.58. The van der Waals surface area contributed by atoms with Crippen molar-refractivity contribution in [3.63, 3.8) is 0 Å². The quantitative estimate of drug-likeness (QED) is 0.185. The van der Waals surface area contributed by atoms with Gasteiger partial charge in [-0.1, -0.05) is 140 Å². The minimum Gasteiger partial charge on any atom is -0.316 e. The number of para-hydroxylation sites is 3. The maximum absolute atomic E-state index is 5.51. The predicted molar refractivity (Wildman–Crippen MR) is 199 cm³/mol. The summed E-state index contributed by atoms with van der Waals surface area (Å²) in [6.07, 6.45) is 0. The molecule has 7 aromatic carbocycles. The van der Waals surface area contributed by atoms with E-state index in [1.807, 2.05) is 0 Å². The molecule has 0 radical (unpaired) electrons. The van der Waals surface area contributed by atoms with Gasteiger partial charge in [0, 0.05) is 28.3 Å². The van der Waals surface area contributed by atoms with Gasteiger partial charge >= 0.3 is 0 Å². The smallest absolute Gasteiger partial charge is 0.136 e. The van der Waals surface area contributed by atoms with Crippen LogP contribution in [-0.4, -0.2) is 5.84 Å². The highest BCUT2D eigenvalue weighted by atomic mass is 15.3. The van der Waals surface area contributed by atoms with Gasteiger partial charge in [0.15, 0.2) is 0 Å². The molecule has 0 saturated heterocycles. The molecule has 7 aromatic rings. The fourth-order valence-electron chi connectivity index (χ4n) is 7.39. The van der Waals surface area contributed by atoms with Crippen molar-refractivity contribution in [2.75, 3.05) is 9.80 Å². The first-order chi connectivity index (χ1) is 23.8. The van der Waals surface area contributed by atoms with E-state index in [9.17, 15) is 0 Å². The Bertz CT molecular complexity index is 2190. The zero-order valence-corrected chi connectivity index (χ0v) is 26.4. The van der Waals surface area contributed by atoms with E-state index in [-0.39, 0.29) is 12.1 Å². The summed E-state index contributed by atoms with van der Waals surface area (Å²) in [6, 6.07) is 67.2. The first-order valence-corrected chi connectivity index (χ1v) is 16.5. The average molecular weight is 616 g/mol. The van der Waals surface area contributed by atoms with E-state index in [0.29, 0.717) is 0 Å². The van der Waals surface area contributed by atoms with Crippen LogP contribution in [0.2, 0.25) is 0 Å². The third-order valence-electron chi connectivity index (χ3n) is 9.58. The lowest BCUT2D eigenvalue weighted by molar-refractivity contribution is 0.604. The van der Waals surface area contributed by atoms with Gasteiger partial charge in [-0.3, -0.25) is 4.99 Å². The van der Waals surface area contributed by atoms with Crippen LogP contribution in [0.15, 0.2) is 193 Å². The van der Waals surface area contributed by atoms with Crippen molar-refractivity contribution >= 4 is 28.6 Å². The van der Waals surface area contributed by atoms with E-state index in [0.717, 1.165) is 34.1 Å². The number of hydrogen-bond acceptors (Lipinski definition) is 3. The molecule has 3 nitrogen and oxygen atoms in total. The van der Waals surface area contributed by atoms with Crippen molar-refractivity contribution in [2.45, 2.75) is 12.1 Å². The largest absolute Gasteiger partial charge is 0.316 e. The van der Waals surface area contributed by atoms with Crippen molar-refractivity contribution in [3.05, 3.63) is 205 Å². The van der Waals surface area contributed by atoms with Gasteiger partial charge in [-0.05, 0) is 81.9 Å². The van der Waals surface area contributed by atoms with E-state index in [1.54, 1.807) is 0 Å². The molecule has 0 fully saturated rings. The van der Waals surface area contributed by atoms with E-state index in [4.69, 9.17) is 4.99 Å². The first-order valence-electron chi connectivity index (χ1n) is 16.5. The molecule has 9 rings (SSSR count). The Hall–Kier alpha value is -6.19. The number of anilines is 4. The molecular formula is C45H33N3. The third-order valence-corrected chi connectivity index (χ3v) is 9.58. The maximum Gasteiger partial charge on any atom is 0.136 e. The molecular weight excluding hydrogens is 583 g/mol. The highest BCUT2D eigenvalue weighted by molar-refractivity contribution is 6.12. The standard InChI is InChI=1S/C45H33N3/c1-4-14-35(15-5-1)47(36-16-6-2-7-17-36)38-30-28-33(29-31-38)32-24-26-34(27-25-32)45-46-43-41-22-12-10-20-39(41)40-21-11-13-23-42(40)44(43)48(45)37-18-8-3-9-19-37/h1-31,43-44H. The highest BCUT2D eigenvalue weighted by Gasteiger charge is 2.44. The van der Waals surface area contributed by atoms with Crippen LogP contribution >= 0.6 is 0 Å². The zero-order valence-electron chi connectivity index (χ0n) is 26.4. The van der Waals surface area contributed by atoms with Gasteiger partial charge in [-0.25, -0.2) is 0 Å². The molecule has 0 N–H and O–H groups in total. The summed E-state index contributed by atoms with van der Waals surface area (Å²) >= 11 is 0. The number of hydrogen-bond donors (Lipinski definition) is 0. The maximum atomic E-state index is 5.51. The van der Waals surface area contributed by atoms with Gasteiger partial charge in [0.2, 0.25) is 0 Å². The van der Waals surface area contributed by atoms with E-state index >= 15 is 0 Å². The van der Waals surface area contributed by atoms with Crippen molar-refractivity contribution in [1.82, 2.24) is 0 Å². The molecule has 0 aromatic heterocycles. The van der Waals surface area contributed by atoms with Gasteiger partial charge in [0.25, 0.3) is 0 Å². The SMILES string of the molecule is c1ccc(N(c2ccccc2)c2ccc(-c3ccc(C4=NC5c6ccccc6-c6ccccc6C5N4c4ccccc4)cc3)cc2)cc1. The van der Waals surface area contributed by atoms with Crippen LogP contribution in [0.1, 0.15) is 28.8 Å². The summed E-state index contributed by atoms with van der Waals surface area (Å²) in [5, 5.41) is 0. The van der Waals surface area contributed by atoms with Crippen molar-refractivity contribution in [2.24, 2.45) is 4.99 Å². The molecule has 1 aliphatic heterocycles. The molecule has 2 aliphatic rings. The predicted octanol–water partition coefficient (Wildman–Crippen LogP) is 11.6. The minimum absolute atomic E-state index is 0.00991. The minimum atomic E-state index is 0.00991. The normalized spacial score (nSPS) is 16.0. The Morgan fingerprint density at radius 3 is 1.44 bits per heavy atom. The number of aliphatic imine (C=N–C) groups is 1. The van der Waals surface area contributed by atoms with Gasteiger partial charge in [-0.15, -0.1) is 0 Å². The van der Waals surface area contributed by atoms with Gasteiger partial charge in [0.1, 0.15) is 11.9 Å². The second-order valence-electron chi connectivity index (χ2n) is 12.4. The van der Waals surface area contributed by atoms with Crippen LogP contribution < -0.4 is 9.80 Å². The van der Waals surface area contributed by atoms with Crippen LogP contribution in [-0.2, 0) is 0 Å².